The predicted octanol–water partition coefficient (Wildman–Crippen LogP) is 5.03. The lowest BCUT2D eigenvalue weighted by Gasteiger charge is -2.36. The van der Waals surface area contributed by atoms with Crippen LogP contribution < -0.4 is 4.89 Å². The van der Waals surface area contributed by atoms with Crippen LogP contribution in [-0.2, 0) is 19.3 Å². The Balaban J connectivity index is 2.55. The molecule has 1 rings (SSSR count). The highest BCUT2D eigenvalue weighted by Crippen LogP contribution is 2.36. The molecule has 0 saturated carbocycles. The predicted molar refractivity (Wildman–Crippen MR) is 121 cm³/mol. The molecule has 1 unspecified atom stereocenters. The molecule has 0 amide bonds. The number of unbranched alkanes of at least 4 members (excludes halogenated alkanes) is 1. The number of hydrogen-bond donors (Lipinski definition) is 1. The van der Waals surface area contributed by atoms with Gasteiger partial charge in [-0.1, -0.05) is 63.1 Å². The molecule has 0 bridgehead atoms. The fourth-order valence-corrected chi connectivity index (χ4v) is 4.00. The number of hydrogen-bond acceptors (Lipinski definition) is 4. The van der Waals surface area contributed by atoms with Gasteiger partial charge in [-0.3, -0.25) is 4.84 Å². The summed E-state index contributed by atoms with van der Waals surface area (Å²) in [6.07, 6.45) is 1.02. The van der Waals surface area contributed by atoms with Crippen molar-refractivity contribution in [1.29, 1.82) is 0 Å². The van der Waals surface area contributed by atoms with Gasteiger partial charge in [0.1, 0.15) is 6.10 Å². The Bertz CT molecular complexity index is 800. The molecule has 1 atom stereocenters. The summed E-state index contributed by atoms with van der Waals surface area (Å²) in [5, 5.41) is 0.198. The molecule has 0 saturated heterocycles. The van der Waals surface area contributed by atoms with Crippen LogP contribution in [0.3, 0.4) is 0 Å². The van der Waals surface area contributed by atoms with Gasteiger partial charge in [-0.2, -0.15) is 0 Å². The summed E-state index contributed by atoms with van der Waals surface area (Å²) >= 11 is 0. The third-order valence-electron chi connectivity index (χ3n) is 5.18. The molecule has 29 heavy (non-hydrogen) atoms. The summed E-state index contributed by atoms with van der Waals surface area (Å²) in [6, 6.07) is 6.61. The van der Waals surface area contributed by atoms with Crippen LogP contribution in [0.5, 0.6) is 0 Å². The van der Waals surface area contributed by atoms with E-state index in [0.29, 0.717) is 13.0 Å². The third-order valence-corrected chi connectivity index (χ3v) is 10.9. The Morgan fingerprint density at radius 1 is 1.14 bits per heavy atom. The van der Waals surface area contributed by atoms with Crippen molar-refractivity contribution >= 4 is 18.3 Å². The van der Waals surface area contributed by atoms with Crippen molar-refractivity contribution in [1.82, 2.24) is 4.89 Å². The molecule has 0 aliphatic carbocycles. The summed E-state index contributed by atoms with van der Waals surface area (Å²) in [6.45, 7) is 17.6. The molecule has 0 spiro atoms. The largest absolute Gasteiger partial charge is 0.417 e. The first-order chi connectivity index (χ1) is 13.3. The van der Waals surface area contributed by atoms with E-state index in [2.05, 4.69) is 50.6 Å². The minimum atomic E-state index is -3.73. The normalized spacial score (nSPS) is 13.8. The van der Waals surface area contributed by atoms with Crippen molar-refractivity contribution in [2.24, 2.45) is 5.92 Å². The van der Waals surface area contributed by atoms with Crippen molar-refractivity contribution in [2.75, 3.05) is 6.61 Å². The molecule has 0 aliphatic heterocycles. The van der Waals surface area contributed by atoms with Crippen LogP contribution in [0, 0.1) is 24.7 Å². The zero-order chi connectivity index (χ0) is 22.3. The summed E-state index contributed by atoms with van der Waals surface area (Å²) in [7, 11) is -5.45. The van der Waals surface area contributed by atoms with Crippen LogP contribution in [0.15, 0.2) is 29.2 Å². The highest BCUT2D eigenvalue weighted by molar-refractivity contribution is 7.89. The summed E-state index contributed by atoms with van der Waals surface area (Å²) in [4.78, 5) is 7.81. The van der Waals surface area contributed by atoms with Gasteiger partial charge in [0, 0.05) is 13.0 Å². The average Bonchev–Trinajstić information content (AvgIpc) is 2.59. The van der Waals surface area contributed by atoms with E-state index in [1.807, 2.05) is 20.8 Å². The van der Waals surface area contributed by atoms with Gasteiger partial charge in [0.2, 0.25) is 0 Å². The molecule has 1 N–H and O–H groups in total. The Kier molecular flexibility index (Phi) is 9.57. The second kappa shape index (κ2) is 10.7. The van der Waals surface area contributed by atoms with E-state index in [1.54, 1.807) is 24.3 Å². The van der Waals surface area contributed by atoms with E-state index < -0.39 is 24.4 Å². The van der Waals surface area contributed by atoms with Crippen molar-refractivity contribution in [3.63, 3.8) is 0 Å². The number of nitrogens with one attached hydrogen (secondary N) is 1. The van der Waals surface area contributed by atoms with Crippen LogP contribution in [0.2, 0.25) is 18.1 Å². The van der Waals surface area contributed by atoms with Crippen LogP contribution >= 0.6 is 0 Å². The SMILES string of the molecule is Cc1ccc(S(=O)(=O)NOC(C#CCCCO[Si](C)(C)C(C)(C)C)C(C)C)cc1. The van der Waals surface area contributed by atoms with E-state index >= 15 is 0 Å². The molecule has 0 aliphatic rings. The van der Waals surface area contributed by atoms with Crippen LogP contribution in [-0.4, -0.2) is 29.4 Å². The summed E-state index contributed by atoms with van der Waals surface area (Å²) in [5.74, 6) is 6.19. The number of aryl methyl sites for hydroxylation is 1. The monoisotopic (exact) mass is 439 g/mol. The first-order valence-corrected chi connectivity index (χ1v) is 14.5. The molecular formula is C22H37NO4SSi. The average molecular weight is 440 g/mol. The van der Waals surface area contributed by atoms with Gasteiger partial charge >= 0.3 is 0 Å². The highest BCUT2D eigenvalue weighted by Gasteiger charge is 2.36. The number of benzene rings is 1. The minimum absolute atomic E-state index is 0.0479. The van der Waals surface area contributed by atoms with Crippen molar-refractivity contribution < 1.29 is 17.7 Å². The van der Waals surface area contributed by atoms with Crippen molar-refractivity contribution in [3.8, 4) is 11.8 Å². The van der Waals surface area contributed by atoms with E-state index in [9.17, 15) is 8.42 Å². The van der Waals surface area contributed by atoms with Crippen LogP contribution in [0.1, 0.15) is 53.0 Å². The Hall–Kier alpha value is -1.17. The first-order valence-electron chi connectivity index (χ1n) is 10.1. The summed E-state index contributed by atoms with van der Waals surface area (Å²) < 4.78 is 30.9. The topological polar surface area (TPSA) is 64.6 Å². The Morgan fingerprint density at radius 2 is 1.72 bits per heavy atom. The van der Waals surface area contributed by atoms with Gasteiger partial charge in [0.05, 0.1) is 4.90 Å². The van der Waals surface area contributed by atoms with Gasteiger partial charge in [0.25, 0.3) is 10.0 Å². The van der Waals surface area contributed by atoms with Gasteiger partial charge in [-0.25, -0.2) is 8.42 Å². The fraction of sp³-hybridized carbons (Fsp3) is 0.636. The Labute approximate surface area is 178 Å². The molecule has 5 nitrogen and oxygen atoms in total. The van der Waals surface area contributed by atoms with Crippen LogP contribution in [0.25, 0.3) is 0 Å². The lowest BCUT2D eigenvalue weighted by molar-refractivity contribution is 0.0263. The maximum absolute atomic E-state index is 12.4. The van der Waals surface area contributed by atoms with Gasteiger partial charge in [-0.15, -0.1) is 5.92 Å². The zero-order valence-electron chi connectivity index (χ0n) is 19.1. The van der Waals surface area contributed by atoms with Gasteiger partial charge in [0.15, 0.2) is 8.32 Å². The van der Waals surface area contributed by atoms with Crippen molar-refractivity contribution in [3.05, 3.63) is 29.8 Å². The number of rotatable bonds is 9. The number of sulfonamides is 1. The molecule has 0 fully saturated rings. The zero-order valence-corrected chi connectivity index (χ0v) is 20.9. The molecular weight excluding hydrogens is 402 g/mol. The van der Waals surface area contributed by atoms with Gasteiger partial charge in [-0.05, 0) is 49.5 Å². The fourth-order valence-electron chi connectivity index (χ4n) is 2.09. The summed E-state index contributed by atoms with van der Waals surface area (Å²) in [5.41, 5.74) is 0.994. The molecule has 0 radical (unpaired) electrons. The van der Waals surface area contributed by atoms with E-state index in [4.69, 9.17) is 9.26 Å². The maximum Gasteiger partial charge on any atom is 0.262 e. The second-order valence-corrected chi connectivity index (χ2v) is 15.7. The molecule has 0 heterocycles. The molecule has 7 heteroatoms. The Morgan fingerprint density at radius 3 is 2.24 bits per heavy atom. The lowest BCUT2D eigenvalue weighted by atomic mass is 10.1. The third kappa shape index (κ3) is 8.61. The highest BCUT2D eigenvalue weighted by atomic mass is 32.2. The lowest BCUT2D eigenvalue weighted by Crippen LogP contribution is -2.40. The smallest absolute Gasteiger partial charge is 0.262 e. The quantitative estimate of drug-likeness (QED) is 0.253. The van der Waals surface area contributed by atoms with Crippen LogP contribution in [0.4, 0.5) is 0 Å². The van der Waals surface area contributed by atoms with E-state index in [0.717, 1.165) is 12.0 Å². The maximum atomic E-state index is 12.4. The molecule has 164 valence electrons. The molecule has 1 aromatic carbocycles. The molecule has 1 aromatic rings. The standard InChI is InChI=1S/C22H37NO4SSi/c1-18(2)21(12-10-9-11-17-26-29(7,8)22(4,5)6)27-23-28(24,25)20-15-13-19(3)14-16-20/h13-16,18,21,23H,9,11,17H2,1-8H3. The second-order valence-electron chi connectivity index (χ2n) is 9.22. The van der Waals surface area contributed by atoms with Gasteiger partial charge < -0.3 is 4.43 Å². The van der Waals surface area contributed by atoms with E-state index in [-0.39, 0.29) is 15.9 Å². The first kappa shape index (κ1) is 25.9. The molecule has 0 aromatic heterocycles. The minimum Gasteiger partial charge on any atom is -0.417 e. The van der Waals surface area contributed by atoms with Crippen molar-refractivity contribution in [2.45, 2.75) is 83.5 Å². The van der Waals surface area contributed by atoms with E-state index in [1.165, 1.54) is 0 Å².